The fraction of sp³-hybridized carbons (Fsp3) is 0.632. The average Bonchev–Trinajstić information content (AvgIpc) is 2.56. The van der Waals surface area contributed by atoms with Gasteiger partial charge in [-0.3, -0.25) is 4.89 Å². The SMILES string of the molecule is CCCCCCCCCCOOC(=O)c1ccc(CC)cc1. The molecular formula is C19H30O3. The van der Waals surface area contributed by atoms with Crippen LogP contribution >= 0.6 is 0 Å². The molecule has 0 aliphatic heterocycles. The summed E-state index contributed by atoms with van der Waals surface area (Å²) in [5.41, 5.74) is 1.74. The van der Waals surface area contributed by atoms with Crippen molar-refractivity contribution in [1.29, 1.82) is 0 Å². The number of hydrogen-bond acceptors (Lipinski definition) is 3. The maximum atomic E-state index is 11.7. The van der Waals surface area contributed by atoms with E-state index in [-0.39, 0.29) is 0 Å². The molecule has 3 heteroatoms. The van der Waals surface area contributed by atoms with Crippen molar-refractivity contribution >= 4 is 5.97 Å². The molecule has 0 bridgehead atoms. The van der Waals surface area contributed by atoms with E-state index in [9.17, 15) is 4.79 Å². The molecule has 0 aliphatic rings. The maximum absolute atomic E-state index is 11.7. The van der Waals surface area contributed by atoms with Gasteiger partial charge in [0.1, 0.15) is 0 Å². The number of hydrogen-bond donors (Lipinski definition) is 0. The Hall–Kier alpha value is -1.35. The Kier molecular flexibility index (Phi) is 10.4. The molecule has 0 heterocycles. The van der Waals surface area contributed by atoms with Crippen molar-refractivity contribution in [3.05, 3.63) is 35.4 Å². The summed E-state index contributed by atoms with van der Waals surface area (Å²) in [6, 6.07) is 7.44. The molecule has 1 aromatic carbocycles. The number of rotatable bonds is 12. The van der Waals surface area contributed by atoms with Crippen molar-refractivity contribution in [3.8, 4) is 0 Å². The van der Waals surface area contributed by atoms with Gasteiger partial charge in [-0.15, -0.1) is 0 Å². The Bertz CT molecular complexity index is 398. The monoisotopic (exact) mass is 306 g/mol. The molecule has 0 atom stereocenters. The molecule has 0 aliphatic carbocycles. The summed E-state index contributed by atoms with van der Waals surface area (Å²) in [6.07, 6.45) is 10.9. The molecule has 0 radical (unpaired) electrons. The molecule has 0 aromatic heterocycles. The molecule has 3 nitrogen and oxygen atoms in total. The molecule has 0 saturated heterocycles. The standard InChI is InChI=1S/C19H30O3/c1-3-5-6-7-8-9-10-11-16-21-22-19(20)18-14-12-17(4-2)13-15-18/h12-15H,3-11,16H2,1-2H3. The van der Waals surface area contributed by atoms with Gasteiger partial charge in [0.05, 0.1) is 12.2 Å². The smallest absolute Gasteiger partial charge is 0.293 e. The van der Waals surface area contributed by atoms with Crippen LogP contribution in [0.15, 0.2) is 24.3 Å². The van der Waals surface area contributed by atoms with Gasteiger partial charge in [-0.05, 0) is 30.5 Å². The van der Waals surface area contributed by atoms with Gasteiger partial charge in [-0.25, -0.2) is 4.79 Å². The van der Waals surface area contributed by atoms with Gasteiger partial charge in [-0.1, -0.05) is 70.9 Å². The van der Waals surface area contributed by atoms with Gasteiger partial charge < -0.3 is 0 Å². The molecule has 0 amide bonds. The van der Waals surface area contributed by atoms with E-state index >= 15 is 0 Å². The first-order valence-corrected chi connectivity index (χ1v) is 8.70. The zero-order valence-electron chi connectivity index (χ0n) is 14.1. The van der Waals surface area contributed by atoms with Gasteiger partial charge in [0.2, 0.25) is 0 Å². The topological polar surface area (TPSA) is 35.5 Å². The first-order chi connectivity index (χ1) is 10.8. The minimum atomic E-state index is -0.415. The van der Waals surface area contributed by atoms with Crippen molar-refractivity contribution in [2.24, 2.45) is 0 Å². The van der Waals surface area contributed by atoms with E-state index in [1.807, 2.05) is 12.1 Å². The van der Waals surface area contributed by atoms with Crippen molar-refractivity contribution in [3.63, 3.8) is 0 Å². The Balaban J connectivity index is 2.00. The number of aryl methyl sites for hydroxylation is 1. The maximum Gasteiger partial charge on any atom is 0.373 e. The van der Waals surface area contributed by atoms with E-state index in [4.69, 9.17) is 9.78 Å². The molecule has 124 valence electrons. The molecule has 0 N–H and O–H groups in total. The van der Waals surface area contributed by atoms with Crippen LogP contribution in [0.5, 0.6) is 0 Å². The highest BCUT2D eigenvalue weighted by molar-refractivity contribution is 5.88. The van der Waals surface area contributed by atoms with Crippen LogP contribution in [-0.2, 0) is 16.2 Å². The predicted molar refractivity (Wildman–Crippen MR) is 89.8 cm³/mol. The largest absolute Gasteiger partial charge is 0.373 e. The van der Waals surface area contributed by atoms with Crippen molar-refractivity contribution < 1.29 is 14.6 Å². The van der Waals surface area contributed by atoms with Crippen LogP contribution in [-0.4, -0.2) is 12.6 Å². The van der Waals surface area contributed by atoms with Crippen molar-refractivity contribution in [2.75, 3.05) is 6.61 Å². The second-order valence-electron chi connectivity index (χ2n) is 5.72. The predicted octanol–water partition coefficient (Wildman–Crippen LogP) is 5.48. The summed E-state index contributed by atoms with van der Waals surface area (Å²) < 4.78 is 0. The van der Waals surface area contributed by atoms with Crippen LogP contribution in [0, 0.1) is 0 Å². The number of carbonyl (C=O) groups is 1. The van der Waals surface area contributed by atoms with Crippen LogP contribution in [0.2, 0.25) is 0 Å². The Morgan fingerprint density at radius 1 is 0.864 bits per heavy atom. The number of benzene rings is 1. The summed E-state index contributed by atoms with van der Waals surface area (Å²) in [5.74, 6) is -0.415. The van der Waals surface area contributed by atoms with E-state index in [0.717, 1.165) is 19.3 Å². The quantitative estimate of drug-likeness (QED) is 0.291. The van der Waals surface area contributed by atoms with Crippen LogP contribution < -0.4 is 0 Å². The number of unbranched alkanes of at least 4 members (excludes halogenated alkanes) is 7. The zero-order chi connectivity index (χ0) is 16.0. The first-order valence-electron chi connectivity index (χ1n) is 8.70. The fourth-order valence-corrected chi connectivity index (χ4v) is 2.31. The minimum absolute atomic E-state index is 0.415. The second-order valence-corrected chi connectivity index (χ2v) is 5.72. The summed E-state index contributed by atoms with van der Waals surface area (Å²) in [4.78, 5) is 21.6. The van der Waals surface area contributed by atoms with Crippen LogP contribution in [0.3, 0.4) is 0 Å². The summed E-state index contributed by atoms with van der Waals surface area (Å²) in [5, 5.41) is 0. The molecule has 0 saturated carbocycles. The summed E-state index contributed by atoms with van der Waals surface area (Å²) in [7, 11) is 0. The molecule has 0 unspecified atom stereocenters. The van der Waals surface area contributed by atoms with Crippen molar-refractivity contribution in [2.45, 2.75) is 71.6 Å². The first kappa shape index (κ1) is 18.7. The van der Waals surface area contributed by atoms with Gasteiger partial charge in [0.25, 0.3) is 0 Å². The fourth-order valence-electron chi connectivity index (χ4n) is 2.31. The minimum Gasteiger partial charge on any atom is -0.293 e. The number of carbonyl (C=O) groups excluding carboxylic acids is 1. The van der Waals surface area contributed by atoms with Gasteiger partial charge in [-0.2, -0.15) is 4.89 Å². The Labute approximate surface area is 134 Å². The summed E-state index contributed by atoms with van der Waals surface area (Å²) >= 11 is 0. The third-order valence-electron chi connectivity index (χ3n) is 3.81. The highest BCUT2D eigenvalue weighted by atomic mass is 17.2. The van der Waals surface area contributed by atoms with E-state index in [0.29, 0.717) is 12.2 Å². The van der Waals surface area contributed by atoms with Crippen LogP contribution in [0.25, 0.3) is 0 Å². The van der Waals surface area contributed by atoms with E-state index in [1.54, 1.807) is 12.1 Å². The Morgan fingerprint density at radius 2 is 1.45 bits per heavy atom. The molecular weight excluding hydrogens is 276 g/mol. The van der Waals surface area contributed by atoms with E-state index in [2.05, 4.69) is 13.8 Å². The second kappa shape index (κ2) is 12.2. The molecule has 1 rings (SSSR count). The lowest BCUT2D eigenvalue weighted by Gasteiger charge is -2.05. The molecule has 22 heavy (non-hydrogen) atoms. The van der Waals surface area contributed by atoms with Crippen LogP contribution in [0.1, 0.15) is 81.1 Å². The lowest BCUT2D eigenvalue weighted by Crippen LogP contribution is -2.07. The highest BCUT2D eigenvalue weighted by Crippen LogP contribution is 2.09. The Morgan fingerprint density at radius 3 is 2.05 bits per heavy atom. The van der Waals surface area contributed by atoms with E-state index < -0.39 is 5.97 Å². The van der Waals surface area contributed by atoms with Gasteiger partial charge >= 0.3 is 5.97 Å². The summed E-state index contributed by atoms with van der Waals surface area (Å²) in [6.45, 7) is 4.80. The average molecular weight is 306 g/mol. The van der Waals surface area contributed by atoms with Gasteiger partial charge in [0.15, 0.2) is 0 Å². The molecule has 1 aromatic rings. The zero-order valence-corrected chi connectivity index (χ0v) is 14.1. The molecule has 0 spiro atoms. The third-order valence-corrected chi connectivity index (χ3v) is 3.81. The van der Waals surface area contributed by atoms with Crippen molar-refractivity contribution in [1.82, 2.24) is 0 Å². The van der Waals surface area contributed by atoms with Crippen LogP contribution in [0.4, 0.5) is 0 Å². The lowest BCUT2D eigenvalue weighted by molar-refractivity contribution is -0.241. The molecule has 0 fully saturated rings. The normalized spacial score (nSPS) is 10.6. The highest BCUT2D eigenvalue weighted by Gasteiger charge is 2.07. The third kappa shape index (κ3) is 8.18. The van der Waals surface area contributed by atoms with Gasteiger partial charge in [0, 0.05) is 0 Å². The van der Waals surface area contributed by atoms with E-state index in [1.165, 1.54) is 44.1 Å². The lowest BCUT2D eigenvalue weighted by atomic mass is 10.1.